The molecule has 3 aromatic rings. The topological polar surface area (TPSA) is 77.0 Å². The van der Waals surface area contributed by atoms with Crippen LogP contribution in [0.3, 0.4) is 0 Å². The smallest absolute Gasteiger partial charge is 0.139 e. The van der Waals surface area contributed by atoms with Gasteiger partial charge >= 0.3 is 0 Å². The Morgan fingerprint density at radius 1 is 1.19 bits per heavy atom. The number of hydrogen-bond donors (Lipinski definition) is 2. The molecule has 0 radical (unpaired) electrons. The van der Waals surface area contributed by atoms with Crippen LogP contribution in [0.5, 0.6) is 0 Å². The Bertz CT molecular complexity index is 775. The van der Waals surface area contributed by atoms with Crippen LogP contribution in [0.2, 0.25) is 0 Å². The molecule has 1 aromatic carbocycles. The molecule has 0 fully saturated rings. The summed E-state index contributed by atoms with van der Waals surface area (Å²) < 4.78 is 5.24. The molecule has 0 spiro atoms. The molecule has 0 amide bonds. The Hall–Kier alpha value is -2.56. The standard InChI is InChI=1S/C16H18N4O/c1-9(16-10(2)20-21-11(16)3)19-15-5-4-14(17)13-8-18-7-6-12(13)15/h4-9,19H,17H2,1-3H3. The van der Waals surface area contributed by atoms with E-state index in [0.29, 0.717) is 0 Å². The lowest BCUT2D eigenvalue weighted by Crippen LogP contribution is -2.09. The van der Waals surface area contributed by atoms with E-state index in [1.54, 1.807) is 12.4 Å². The van der Waals surface area contributed by atoms with Gasteiger partial charge in [0.05, 0.1) is 11.7 Å². The van der Waals surface area contributed by atoms with E-state index in [9.17, 15) is 0 Å². The van der Waals surface area contributed by atoms with Crippen molar-refractivity contribution < 1.29 is 4.52 Å². The van der Waals surface area contributed by atoms with E-state index >= 15 is 0 Å². The van der Waals surface area contributed by atoms with Gasteiger partial charge in [-0.2, -0.15) is 0 Å². The molecule has 3 N–H and O–H groups in total. The third kappa shape index (κ3) is 2.31. The number of rotatable bonds is 3. The highest BCUT2D eigenvalue weighted by molar-refractivity contribution is 6.00. The third-order valence-electron chi connectivity index (χ3n) is 3.75. The monoisotopic (exact) mass is 282 g/mol. The summed E-state index contributed by atoms with van der Waals surface area (Å²) in [5, 5.41) is 9.53. The first-order valence-corrected chi connectivity index (χ1v) is 6.89. The van der Waals surface area contributed by atoms with Crippen LogP contribution in [-0.2, 0) is 0 Å². The highest BCUT2D eigenvalue weighted by atomic mass is 16.5. The number of nitrogen functional groups attached to an aromatic ring is 1. The maximum Gasteiger partial charge on any atom is 0.139 e. The predicted molar refractivity (Wildman–Crippen MR) is 84.2 cm³/mol. The number of aryl methyl sites for hydroxylation is 2. The van der Waals surface area contributed by atoms with Crippen molar-refractivity contribution in [2.24, 2.45) is 0 Å². The number of nitrogens with one attached hydrogen (secondary N) is 1. The molecule has 2 aromatic heterocycles. The van der Waals surface area contributed by atoms with Crippen molar-refractivity contribution in [3.63, 3.8) is 0 Å². The van der Waals surface area contributed by atoms with Crippen LogP contribution in [-0.4, -0.2) is 10.1 Å². The quantitative estimate of drug-likeness (QED) is 0.718. The molecule has 1 unspecified atom stereocenters. The summed E-state index contributed by atoms with van der Waals surface area (Å²) in [5.74, 6) is 0.842. The van der Waals surface area contributed by atoms with Crippen molar-refractivity contribution >= 4 is 22.1 Å². The molecule has 5 heteroatoms. The van der Waals surface area contributed by atoms with Gasteiger partial charge in [0.1, 0.15) is 5.76 Å². The van der Waals surface area contributed by atoms with Crippen LogP contribution in [0.1, 0.15) is 30.0 Å². The number of pyridine rings is 1. The lowest BCUT2D eigenvalue weighted by atomic mass is 10.0. The number of nitrogens with two attached hydrogens (primary N) is 1. The predicted octanol–water partition coefficient (Wildman–Crippen LogP) is 3.59. The number of anilines is 2. The summed E-state index contributed by atoms with van der Waals surface area (Å²) in [6, 6.07) is 5.95. The fourth-order valence-corrected chi connectivity index (χ4v) is 2.75. The largest absolute Gasteiger partial charge is 0.398 e. The number of hydrogen-bond acceptors (Lipinski definition) is 5. The van der Waals surface area contributed by atoms with Crippen molar-refractivity contribution in [2.45, 2.75) is 26.8 Å². The Morgan fingerprint density at radius 3 is 2.71 bits per heavy atom. The molecule has 0 aliphatic carbocycles. The SMILES string of the molecule is Cc1noc(C)c1C(C)Nc1ccc(N)c2cnccc12. The van der Waals surface area contributed by atoms with Gasteiger partial charge in [0.25, 0.3) is 0 Å². The molecule has 0 aliphatic rings. The summed E-state index contributed by atoms with van der Waals surface area (Å²) >= 11 is 0. The van der Waals surface area contributed by atoms with Crippen molar-refractivity contribution in [2.75, 3.05) is 11.1 Å². The lowest BCUT2D eigenvalue weighted by Gasteiger charge is -2.17. The minimum atomic E-state index is 0.0937. The zero-order valence-corrected chi connectivity index (χ0v) is 12.3. The molecule has 5 nitrogen and oxygen atoms in total. The molecule has 0 saturated carbocycles. The normalized spacial score (nSPS) is 12.5. The first kappa shape index (κ1) is 13.4. The molecule has 108 valence electrons. The van der Waals surface area contributed by atoms with Crippen molar-refractivity contribution in [3.8, 4) is 0 Å². The molecule has 0 saturated heterocycles. The maximum absolute atomic E-state index is 6.01. The zero-order valence-electron chi connectivity index (χ0n) is 12.3. The summed E-state index contributed by atoms with van der Waals surface area (Å²) in [6.07, 6.45) is 3.56. The molecular formula is C16H18N4O. The van der Waals surface area contributed by atoms with Gasteiger partial charge in [-0.25, -0.2) is 0 Å². The average Bonchev–Trinajstić information content (AvgIpc) is 2.81. The first-order valence-electron chi connectivity index (χ1n) is 6.89. The fourth-order valence-electron chi connectivity index (χ4n) is 2.75. The minimum Gasteiger partial charge on any atom is -0.398 e. The van der Waals surface area contributed by atoms with E-state index < -0.39 is 0 Å². The third-order valence-corrected chi connectivity index (χ3v) is 3.75. The summed E-state index contributed by atoms with van der Waals surface area (Å²) in [5.41, 5.74) is 9.76. The Morgan fingerprint density at radius 2 is 2.00 bits per heavy atom. The molecule has 0 bridgehead atoms. The molecule has 21 heavy (non-hydrogen) atoms. The van der Waals surface area contributed by atoms with Crippen LogP contribution in [0, 0.1) is 13.8 Å². The molecule has 0 aliphatic heterocycles. The minimum absolute atomic E-state index is 0.0937. The van der Waals surface area contributed by atoms with Gasteiger partial charge in [0.15, 0.2) is 0 Å². The summed E-state index contributed by atoms with van der Waals surface area (Å²) in [6.45, 7) is 5.98. The number of fused-ring (bicyclic) bond motifs is 1. The van der Waals surface area contributed by atoms with Crippen molar-refractivity contribution in [1.29, 1.82) is 0 Å². The van der Waals surface area contributed by atoms with Gasteiger partial charge in [-0.1, -0.05) is 5.16 Å². The molecule has 2 heterocycles. The van der Waals surface area contributed by atoms with Gasteiger partial charge in [-0.05, 0) is 39.0 Å². The van der Waals surface area contributed by atoms with Crippen LogP contribution in [0.4, 0.5) is 11.4 Å². The van der Waals surface area contributed by atoms with Crippen molar-refractivity contribution in [1.82, 2.24) is 10.1 Å². The molecule has 1 atom stereocenters. The van der Waals surface area contributed by atoms with E-state index in [4.69, 9.17) is 10.3 Å². The second-order valence-corrected chi connectivity index (χ2v) is 5.23. The highest BCUT2D eigenvalue weighted by Crippen LogP contribution is 2.31. The van der Waals surface area contributed by atoms with E-state index in [2.05, 4.69) is 22.4 Å². The Labute approximate surface area is 123 Å². The van der Waals surface area contributed by atoms with Gasteiger partial charge in [-0.3, -0.25) is 4.98 Å². The van der Waals surface area contributed by atoms with E-state index in [-0.39, 0.29) is 6.04 Å². The van der Waals surface area contributed by atoms with E-state index in [1.165, 1.54) is 0 Å². The van der Waals surface area contributed by atoms with E-state index in [1.807, 2.05) is 32.0 Å². The number of benzene rings is 1. The number of nitrogens with zero attached hydrogens (tertiary/aromatic N) is 2. The molecular weight excluding hydrogens is 264 g/mol. The van der Waals surface area contributed by atoms with Crippen LogP contribution >= 0.6 is 0 Å². The Kier molecular flexibility index (Phi) is 3.25. The lowest BCUT2D eigenvalue weighted by molar-refractivity contribution is 0.392. The summed E-state index contributed by atoms with van der Waals surface area (Å²) in [7, 11) is 0. The van der Waals surface area contributed by atoms with Crippen LogP contribution in [0.25, 0.3) is 10.8 Å². The van der Waals surface area contributed by atoms with E-state index in [0.717, 1.165) is 39.2 Å². The van der Waals surface area contributed by atoms with Crippen LogP contribution < -0.4 is 11.1 Å². The highest BCUT2D eigenvalue weighted by Gasteiger charge is 2.17. The first-order chi connectivity index (χ1) is 10.1. The Balaban J connectivity index is 2.01. The zero-order chi connectivity index (χ0) is 15.0. The van der Waals surface area contributed by atoms with Gasteiger partial charge < -0.3 is 15.6 Å². The van der Waals surface area contributed by atoms with Crippen molar-refractivity contribution in [3.05, 3.63) is 47.6 Å². The van der Waals surface area contributed by atoms with Gasteiger partial charge in [-0.15, -0.1) is 0 Å². The fraction of sp³-hybridized carbons (Fsp3) is 0.250. The maximum atomic E-state index is 6.01. The second-order valence-electron chi connectivity index (χ2n) is 5.23. The van der Waals surface area contributed by atoms with Gasteiger partial charge in [0.2, 0.25) is 0 Å². The number of aromatic nitrogens is 2. The molecule has 3 rings (SSSR count). The second kappa shape index (κ2) is 5.09. The van der Waals surface area contributed by atoms with Crippen LogP contribution in [0.15, 0.2) is 35.1 Å². The average molecular weight is 282 g/mol. The van der Waals surface area contributed by atoms with Gasteiger partial charge in [0, 0.05) is 40.1 Å². The summed E-state index contributed by atoms with van der Waals surface area (Å²) in [4.78, 5) is 4.14.